The van der Waals surface area contributed by atoms with Crippen LogP contribution in [0.25, 0.3) is 11.0 Å². The SMILES string of the molecule is Cc1ccc(C(=O)Nc2cc(N3CCN(C)CC3)cc(C(F)(F)F)c2)cc1Nc1ncnc2ccc(N3CCOCC3)nc12. The molecular formula is C31H33F3N8O2. The van der Waals surface area contributed by atoms with Gasteiger partial charge in [-0.3, -0.25) is 4.79 Å². The van der Waals surface area contributed by atoms with Gasteiger partial charge in [0.2, 0.25) is 0 Å². The number of nitrogens with zero attached hydrogens (tertiary/aromatic N) is 6. The summed E-state index contributed by atoms with van der Waals surface area (Å²) in [5.74, 6) is 0.734. The van der Waals surface area contributed by atoms with Gasteiger partial charge >= 0.3 is 6.18 Å². The fraction of sp³-hybridized carbons (Fsp3) is 0.355. The van der Waals surface area contributed by atoms with Gasteiger partial charge in [0.1, 0.15) is 17.7 Å². The van der Waals surface area contributed by atoms with Crippen molar-refractivity contribution >= 4 is 45.6 Å². The van der Waals surface area contributed by atoms with E-state index in [4.69, 9.17) is 9.72 Å². The molecule has 2 fully saturated rings. The van der Waals surface area contributed by atoms with Crippen molar-refractivity contribution in [3.8, 4) is 0 Å². The molecule has 44 heavy (non-hydrogen) atoms. The number of halogens is 3. The highest BCUT2D eigenvalue weighted by Crippen LogP contribution is 2.35. The molecule has 4 heterocycles. The highest BCUT2D eigenvalue weighted by Gasteiger charge is 2.32. The summed E-state index contributed by atoms with van der Waals surface area (Å²) in [6.45, 7) is 7.27. The third kappa shape index (κ3) is 6.53. The van der Waals surface area contributed by atoms with Gasteiger partial charge in [-0.25, -0.2) is 15.0 Å². The lowest BCUT2D eigenvalue weighted by Gasteiger charge is -2.34. The molecule has 0 atom stereocenters. The lowest BCUT2D eigenvalue weighted by molar-refractivity contribution is -0.137. The number of anilines is 5. The second-order valence-electron chi connectivity index (χ2n) is 11.0. The highest BCUT2D eigenvalue weighted by atomic mass is 19.4. The number of nitrogens with one attached hydrogen (secondary N) is 2. The van der Waals surface area contributed by atoms with Crippen molar-refractivity contribution in [1.29, 1.82) is 0 Å². The molecule has 1 amide bonds. The van der Waals surface area contributed by atoms with E-state index in [1.165, 1.54) is 6.33 Å². The number of alkyl halides is 3. The van der Waals surface area contributed by atoms with E-state index in [1.54, 1.807) is 24.3 Å². The summed E-state index contributed by atoms with van der Waals surface area (Å²) >= 11 is 0. The first-order chi connectivity index (χ1) is 21.1. The van der Waals surface area contributed by atoms with Crippen molar-refractivity contribution in [2.24, 2.45) is 0 Å². The number of amides is 1. The maximum atomic E-state index is 13.8. The highest BCUT2D eigenvalue weighted by molar-refractivity contribution is 6.05. The Kier molecular flexibility index (Phi) is 8.23. The summed E-state index contributed by atoms with van der Waals surface area (Å²) in [5, 5.41) is 5.98. The third-order valence-electron chi connectivity index (χ3n) is 7.93. The summed E-state index contributed by atoms with van der Waals surface area (Å²) in [4.78, 5) is 33.1. The van der Waals surface area contributed by atoms with Gasteiger partial charge in [0, 0.05) is 61.9 Å². The lowest BCUT2D eigenvalue weighted by atomic mass is 10.1. The van der Waals surface area contributed by atoms with Gasteiger partial charge < -0.3 is 30.1 Å². The van der Waals surface area contributed by atoms with Crippen LogP contribution in [0, 0.1) is 6.92 Å². The van der Waals surface area contributed by atoms with Crippen LogP contribution < -0.4 is 20.4 Å². The van der Waals surface area contributed by atoms with Crippen molar-refractivity contribution in [2.45, 2.75) is 13.1 Å². The van der Waals surface area contributed by atoms with E-state index in [1.807, 2.05) is 31.0 Å². The minimum Gasteiger partial charge on any atom is -0.378 e. The number of likely N-dealkylation sites (N-methyl/N-ethyl adjacent to an activating group) is 1. The number of hydrogen-bond donors (Lipinski definition) is 2. The predicted octanol–water partition coefficient (Wildman–Crippen LogP) is 4.94. The minimum absolute atomic E-state index is 0.0791. The van der Waals surface area contributed by atoms with Gasteiger partial charge in [-0.2, -0.15) is 13.2 Å². The van der Waals surface area contributed by atoms with E-state index in [-0.39, 0.29) is 11.3 Å². The third-order valence-corrected chi connectivity index (χ3v) is 7.93. The van der Waals surface area contributed by atoms with E-state index in [0.29, 0.717) is 54.5 Å². The number of aryl methyl sites for hydroxylation is 1. The Morgan fingerprint density at radius 1 is 0.909 bits per heavy atom. The number of carbonyl (C=O) groups is 1. The molecule has 0 saturated carbocycles. The molecule has 2 saturated heterocycles. The average Bonchev–Trinajstić information content (AvgIpc) is 3.02. The molecule has 2 aromatic heterocycles. The molecule has 0 aliphatic carbocycles. The first-order valence-corrected chi connectivity index (χ1v) is 14.4. The van der Waals surface area contributed by atoms with Crippen molar-refractivity contribution in [3.05, 3.63) is 71.5 Å². The quantitative estimate of drug-likeness (QED) is 0.316. The summed E-state index contributed by atoms with van der Waals surface area (Å²) in [5.41, 5.74) is 2.65. The summed E-state index contributed by atoms with van der Waals surface area (Å²) in [7, 11) is 1.98. The zero-order valence-electron chi connectivity index (χ0n) is 24.5. The molecule has 0 radical (unpaired) electrons. The van der Waals surface area contributed by atoms with Crippen LogP contribution in [-0.2, 0) is 10.9 Å². The molecule has 0 spiro atoms. The Balaban J connectivity index is 1.26. The van der Waals surface area contributed by atoms with Crippen molar-refractivity contribution in [1.82, 2.24) is 19.9 Å². The maximum absolute atomic E-state index is 13.8. The molecule has 0 bridgehead atoms. The number of benzene rings is 2. The van der Waals surface area contributed by atoms with E-state index in [9.17, 15) is 18.0 Å². The van der Waals surface area contributed by atoms with Gasteiger partial charge in [0.05, 0.1) is 24.3 Å². The molecule has 2 aliphatic heterocycles. The lowest BCUT2D eigenvalue weighted by Crippen LogP contribution is -2.44. The van der Waals surface area contributed by atoms with Crippen LogP contribution in [0.4, 0.5) is 41.9 Å². The van der Waals surface area contributed by atoms with Crippen molar-refractivity contribution in [2.75, 3.05) is 80.0 Å². The first kappa shape index (κ1) is 29.6. The van der Waals surface area contributed by atoms with Crippen LogP contribution in [0.15, 0.2) is 54.9 Å². The van der Waals surface area contributed by atoms with Gasteiger partial charge in [-0.1, -0.05) is 6.07 Å². The zero-order chi connectivity index (χ0) is 30.8. The van der Waals surface area contributed by atoms with Gasteiger partial charge in [0.25, 0.3) is 5.91 Å². The van der Waals surface area contributed by atoms with Gasteiger partial charge in [-0.15, -0.1) is 0 Å². The van der Waals surface area contributed by atoms with Crippen LogP contribution in [-0.4, -0.2) is 85.3 Å². The Morgan fingerprint density at radius 2 is 1.68 bits per heavy atom. The van der Waals surface area contributed by atoms with Crippen molar-refractivity contribution < 1.29 is 22.7 Å². The molecule has 2 N–H and O–H groups in total. The number of fused-ring (bicyclic) bond motifs is 1. The zero-order valence-corrected chi connectivity index (χ0v) is 24.5. The Morgan fingerprint density at radius 3 is 2.43 bits per heavy atom. The maximum Gasteiger partial charge on any atom is 0.416 e. The van der Waals surface area contributed by atoms with Gasteiger partial charge in [0.15, 0.2) is 5.82 Å². The second kappa shape index (κ2) is 12.2. The fourth-order valence-electron chi connectivity index (χ4n) is 5.31. The fourth-order valence-corrected chi connectivity index (χ4v) is 5.31. The van der Waals surface area contributed by atoms with Crippen LogP contribution in [0.3, 0.4) is 0 Å². The molecule has 6 rings (SSSR count). The second-order valence-corrected chi connectivity index (χ2v) is 11.0. The van der Waals surface area contributed by atoms with E-state index >= 15 is 0 Å². The molecule has 2 aromatic carbocycles. The minimum atomic E-state index is -4.56. The number of pyridine rings is 1. The predicted molar refractivity (Wildman–Crippen MR) is 164 cm³/mol. The Bertz CT molecular complexity index is 1670. The Labute approximate surface area is 252 Å². The molecule has 10 nitrogen and oxygen atoms in total. The molecule has 230 valence electrons. The van der Waals surface area contributed by atoms with Gasteiger partial charge in [-0.05, 0) is 62.0 Å². The molecule has 4 aromatic rings. The number of piperazine rings is 1. The number of ether oxygens (including phenoxy) is 1. The topological polar surface area (TPSA) is 98.8 Å². The number of morpholine rings is 1. The number of hydrogen-bond acceptors (Lipinski definition) is 9. The summed E-state index contributed by atoms with van der Waals surface area (Å²) in [6, 6.07) is 12.6. The molecule has 13 heteroatoms. The van der Waals surface area contributed by atoms with Crippen LogP contribution in [0.1, 0.15) is 21.5 Å². The van der Waals surface area contributed by atoms with E-state index < -0.39 is 17.6 Å². The normalized spacial score (nSPS) is 16.3. The monoisotopic (exact) mass is 606 g/mol. The molecule has 2 aliphatic rings. The number of aromatic nitrogens is 3. The number of carbonyl (C=O) groups excluding carboxylic acids is 1. The number of rotatable bonds is 6. The van der Waals surface area contributed by atoms with E-state index in [0.717, 1.165) is 49.7 Å². The van der Waals surface area contributed by atoms with Crippen molar-refractivity contribution in [3.63, 3.8) is 0 Å². The summed E-state index contributed by atoms with van der Waals surface area (Å²) in [6.07, 6.45) is -3.11. The smallest absolute Gasteiger partial charge is 0.378 e. The standard InChI is InChI=1S/C31H33F3N8O2/c1-20-3-4-21(30(43)37-23-16-22(31(32,33)34)17-24(18-23)41-9-7-40(2)8-10-41)15-26(20)38-29-28-25(35-19-36-29)5-6-27(39-28)42-11-13-44-14-12-42/h3-6,15-19H,7-14H2,1-2H3,(H,37,43)(H,35,36,38). The van der Waals surface area contributed by atoms with Crippen LogP contribution >= 0.6 is 0 Å². The van der Waals surface area contributed by atoms with Crippen LogP contribution in [0.2, 0.25) is 0 Å². The molecule has 0 unspecified atom stereocenters. The molecular weight excluding hydrogens is 573 g/mol. The summed E-state index contributed by atoms with van der Waals surface area (Å²) < 4.78 is 46.9. The van der Waals surface area contributed by atoms with Crippen LogP contribution in [0.5, 0.6) is 0 Å². The largest absolute Gasteiger partial charge is 0.416 e. The first-order valence-electron chi connectivity index (χ1n) is 14.4. The van der Waals surface area contributed by atoms with E-state index in [2.05, 4.69) is 30.4 Å². The Hall–Kier alpha value is -4.49. The average molecular weight is 607 g/mol.